The first-order chi connectivity index (χ1) is 9.67. The summed E-state index contributed by atoms with van der Waals surface area (Å²) in [5.74, 6) is 0. The van der Waals surface area contributed by atoms with Crippen LogP contribution in [0.25, 0.3) is 10.9 Å². The molecule has 2 aromatic heterocycles. The maximum Gasteiger partial charge on any atom is 0.179 e. The molecule has 0 radical (unpaired) electrons. The normalized spacial score (nSPS) is 11.1. The van der Waals surface area contributed by atoms with E-state index in [1.807, 2.05) is 24.5 Å². The lowest BCUT2D eigenvalue weighted by atomic mass is 10.2. The Labute approximate surface area is 136 Å². The fourth-order valence-corrected chi connectivity index (χ4v) is 4.52. The van der Waals surface area contributed by atoms with Crippen LogP contribution in [0.1, 0.15) is 0 Å². The summed E-state index contributed by atoms with van der Waals surface area (Å²) in [6, 6.07) is 5.86. The van der Waals surface area contributed by atoms with Crippen molar-refractivity contribution in [2.45, 2.75) is 13.6 Å². The van der Waals surface area contributed by atoms with Gasteiger partial charge in [-0.25, -0.2) is 0 Å². The van der Waals surface area contributed by atoms with Crippen LogP contribution in [0.2, 0.25) is 0 Å². The molecule has 0 fully saturated rings. The third-order valence-electron chi connectivity index (χ3n) is 2.57. The number of hydrogen-bond acceptors (Lipinski definition) is 7. The molecule has 0 aliphatic carbocycles. The second kappa shape index (κ2) is 5.88. The molecule has 3 rings (SSSR count). The number of halogens is 1. The van der Waals surface area contributed by atoms with Crippen LogP contribution in [0.3, 0.4) is 0 Å². The van der Waals surface area contributed by atoms with Crippen molar-refractivity contribution >= 4 is 67.4 Å². The van der Waals surface area contributed by atoms with Crippen LogP contribution in [-0.2, 0) is 0 Å². The number of nitrogens with zero attached hydrogens (tertiary/aromatic N) is 3. The lowest BCUT2D eigenvalue weighted by molar-refractivity contribution is 0.956. The Morgan fingerprint density at radius 1 is 1.25 bits per heavy atom. The Kier molecular flexibility index (Phi) is 4.16. The number of aromatic nitrogens is 3. The molecule has 0 aliphatic heterocycles. The first-order valence-electron chi connectivity index (χ1n) is 5.56. The molecule has 2 N–H and O–H groups in total. The molecule has 4 nitrogen and oxygen atoms in total. The van der Waals surface area contributed by atoms with Crippen molar-refractivity contribution in [1.29, 1.82) is 0 Å². The van der Waals surface area contributed by atoms with Crippen molar-refractivity contribution in [2.75, 3.05) is 12.0 Å². The summed E-state index contributed by atoms with van der Waals surface area (Å²) >= 11 is 8.17. The number of hydrogen-bond donors (Lipinski definition) is 1. The van der Waals surface area contributed by atoms with Crippen LogP contribution >= 0.6 is 50.8 Å². The molecule has 0 spiro atoms. The molecule has 0 aliphatic rings. The topological polar surface area (TPSA) is 64.7 Å². The summed E-state index contributed by atoms with van der Waals surface area (Å²) in [6.45, 7) is 0. The van der Waals surface area contributed by atoms with Gasteiger partial charge in [0.15, 0.2) is 8.68 Å². The first kappa shape index (κ1) is 14.1. The second-order valence-electron chi connectivity index (χ2n) is 3.84. The summed E-state index contributed by atoms with van der Waals surface area (Å²) in [5.41, 5.74) is 7.62. The van der Waals surface area contributed by atoms with Crippen LogP contribution < -0.4 is 5.73 Å². The molecule has 0 bridgehead atoms. The molecule has 1 aromatic carbocycles. The average Bonchev–Trinajstić information content (AvgIpc) is 2.90. The summed E-state index contributed by atoms with van der Waals surface area (Å²) < 4.78 is 2.78. The van der Waals surface area contributed by atoms with Crippen LogP contribution in [-0.4, -0.2) is 21.4 Å². The van der Waals surface area contributed by atoms with E-state index < -0.39 is 0 Å². The molecular weight excluding hydrogens is 376 g/mol. The third kappa shape index (κ3) is 2.78. The number of nitrogen functional groups attached to an aromatic ring is 1. The van der Waals surface area contributed by atoms with E-state index in [4.69, 9.17) is 5.73 Å². The lowest BCUT2D eigenvalue weighted by Gasteiger charge is -2.06. The number of thioether (sulfide) groups is 1. The van der Waals surface area contributed by atoms with E-state index in [1.165, 1.54) is 0 Å². The van der Waals surface area contributed by atoms with Crippen molar-refractivity contribution in [3.8, 4) is 0 Å². The van der Waals surface area contributed by atoms with E-state index >= 15 is 0 Å². The zero-order valence-electron chi connectivity index (χ0n) is 10.3. The van der Waals surface area contributed by atoms with Crippen molar-refractivity contribution in [3.63, 3.8) is 0 Å². The van der Waals surface area contributed by atoms with E-state index in [-0.39, 0.29) is 0 Å². The van der Waals surface area contributed by atoms with Gasteiger partial charge in [0.05, 0.1) is 5.52 Å². The summed E-state index contributed by atoms with van der Waals surface area (Å²) in [4.78, 5) is 5.50. The summed E-state index contributed by atoms with van der Waals surface area (Å²) in [5, 5.41) is 9.22. The quantitative estimate of drug-likeness (QED) is 0.536. The molecule has 102 valence electrons. The predicted molar refractivity (Wildman–Crippen MR) is 89.7 cm³/mol. The van der Waals surface area contributed by atoms with Crippen molar-refractivity contribution < 1.29 is 0 Å². The number of anilines is 1. The van der Waals surface area contributed by atoms with Gasteiger partial charge >= 0.3 is 0 Å². The number of fused-ring (bicyclic) bond motifs is 1. The van der Waals surface area contributed by atoms with Gasteiger partial charge in [0.1, 0.15) is 0 Å². The van der Waals surface area contributed by atoms with Crippen LogP contribution in [0, 0.1) is 0 Å². The minimum atomic E-state index is 0.722. The Balaban J connectivity index is 2.05. The molecule has 0 saturated heterocycles. The van der Waals surface area contributed by atoms with E-state index in [0.717, 1.165) is 34.6 Å². The number of benzene rings is 1. The molecule has 8 heteroatoms. The van der Waals surface area contributed by atoms with E-state index in [0.29, 0.717) is 0 Å². The highest BCUT2D eigenvalue weighted by Crippen LogP contribution is 2.37. The van der Waals surface area contributed by atoms with Crippen molar-refractivity contribution in [2.24, 2.45) is 0 Å². The zero-order valence-corrected chi connectivity index (χ0v) is 14.4. The van der Waals surface area contributed by atoms with Gasteiger partial charge in [-0.3, -0.25) is 4.98 Å². The zero-order chi connectivity index (χ0) is 14.1. The van der Waals surface area contributed by atoms with Crippen molar-refractivity contribution in [3.05, 3.63) is 28.9 Å². The van der Waals surface area contributed by atoms with E-state index in [1.54, 1.807) is 41.1 Å². The minimum Gasteiger partial charge on any atom is -0.398 e. The fraction of sp³-hybridized carbons (Fsp3) is 0.0833. The van der Waals surface area contributed by atoms with E-state index in [2.05, 4.69) is 31.1 Å². The Hall–Kier alpha value is -0.830. The van der Waals surface area contributed by atoms with Gasteiger partial charge in [-0.05, 0) is 40.4 Å². The number of rotatable bonds is 3. The molecule has 2 heterocycles. The lowest BCUT2D eigenvalue weighted by Crippen LogP contribution is -1.90. The molecule has 0 unspecified atom stereocenters. The van der Waals surface area contributed by atoms with Gasteiger partial charge in [-0.15, -0.1) is 10.2 Å². The third-order valence-corrected chi connectivity index (χ3v) is 6.01. The fourth-order valence-electron chi connectivity index (χ4n) is 1.69. The highest BCUT2D eigenvalue weighted by molar-refractivity contribution is 9.10. The van der Waals surface area contributed by atoms with E-state index in [9.17, 15) is 0 Å². The summed E-state index contributed by atoms with van der Waals surface area (Å²) in [6.07, 6.45) is 3.77. The largest absolute Gasteiger partial charge is 0.398 e. The molecule has 3 aromatic rings. The van der Waals surface area contributed by atoms with Gasteiger partial charge in [-0.1, -0.05) is 34.9 Å². The number of pyridine rings is 1. The Morgan fingerprint density at radius 3 is 2.80 bits per heavy atom. The number of nitrogens with two attached hydrogens (primary N) is 1. The Bertz CT molecular complexity index is 774. The molecule has 0 amide bonds. The minimum absolute atomic E-state index is 0.722. The first-order valence-corrected chi connectivity index (χ1v) is 9.21. The SMILES string of the molecule is CSc1nnc(Sc2ccc(N)c3cc(Br)cnc23)s1. The van der Waals surface area contributed by atoms with Gasteiger partial charge in [-0.2, -0.15) is 0 Å². The molecule has 20 heavy (non-hydrogen) atoms. The standard InChI is InChI=1S/C12H9BrN4S3/c1-18-11-16-17-12(20-11)19-9-3-2-8(14)7-4-6(13)5-15-10(7)9/h2-5H,14H2,1H3. The van der Waals surface area contributed by atoms with Crippen LogP contribution in [0.5, 0.6) is 0 Å². The average molecular weight is 385 g/mol. The smallest absolute Gasteiger partial charge is 0.179 e. The maximum absolute atomic E-state index is 6.01. The van der Waals surface area contributed by atoms with Crippen LogP contribution in [0.4, 0.5) is 5.69 Å². The molecule has 0 saturated carbocycles. The molecular formula is C12H9BrN4S3. The molecule has 0 atom stereocenters. The van der Waals surface area contributed by atoms with Gasteiger partial charge in [0, 0.05) is 26.6 Å². The maximum atomic E-state index is 6.01. The van der Waals surface area contributed by atoms with Gasteiger partial charge in [0.2, 0.25) is 0 Å². The Morgan fingerprint density at radius 2 is 2.05 bits per heavy atom. The van der Waals surface area contributed by atoms with Gasteiger partial charge < -0.3 is 5.73 Å². The van der Waals surface area contributed by atoms with Gasteiger partial charge in [0.25, 0.3) is 0 Å². The highest BCUT2D eigenvalue weighted by Gasteiger charge is 2.11. The van der Waals surface area contributed by atoms with Crippen molar-refractivity contribution in [1.82, 2.24) is 15.2 Å². The monoisotopic (exact) mass is 384 g/mol. The summed E-state index contributed by atoms with van der Waals surface area (Å²) in [7, 11) is 0. The second-order valence-corrected chi connectivity index (χ2v) is 8.08. The highest BCUT2D eigenvalue weighted by atomic mass is 79.9. The predicted octanol–water partition coefficient (Wildman–Crippen LogP) is 4.30. The van der Waals surface area contributed by atoms with Crippen LogP contribution in [0.15, 0.2) is 42.4 Å².